The molecule has 3 rings (SSSR count). The zero-order valence-electron chi connectivity index (χ0n) is 18.8. The van der Waals surface area contributed by atoms with Crippen molar-refractivity contribution < 1.29 is 22.7 Å². The summed E-state index contributed by atoms with van der Waals surface area (Å²) in [5.41, 5.74) is 1.84. The van der Waals surface area contributed by atoms with Gasteiger partial charge in [0.1, 0.15) is 5.75 Å². The van der Waals surface area contributed by atoms with Crippen molar-refractivity contribution in [3.05, 3.63) is 58.6 Å². The topological polar surface area (TPSA) is 105 Å². The first-order chi connectivity index (χ1) is 15.6. The fourth-order valence-electron chi connectivity index (χ4n) is 3.79. The summed E-state index contributed by atoms with van der Waals surface area (Å²) in [6.07, 6.45) is 0.0653. The molecule has 8 nitrogen and oxygen atoms in total. The Kier molecular flexibility index (Phi) is 7.99. The van der Waals surface area contributed by atoms with E-state index in [9.17, 15) is 18.0 Å². The number of nitrogens with one attached hydrogen (secondary N) is 2. The van der Waals surface area contributed by atoms with Crippen LogP contribution in [0, 0.1) is 5.92 Å². The number of amides is 2. The summed E-state index contributed by atoms with van der Waals surface area (Å²) in [6.45, 7) is 3.89. The van der Waals surface area contributed by atoms with Crippen LogP contribution < -0.4 is 19.7 Å². The summed E-state index contributed by atoms with van der Waals surface area (Å²) in [5.74, 6) is -0.688. The second-order valence-corrected chi connectivity index (χ2v) is 10.4. The van der Waals surface area contributed by atoms with Crippen LogP contribution in [0.1, 0.15) is 31.4 Å². The van der Waals surface area contributed by atoms with Crippen LogP contribution in [-0.4, -0.2) is 39.9 Å². The predicted octanol–water partition coefficient (Wildman–Crippen LogP) is 2.85. The van der Waals surface area contributed by atoms with Crippen LogP contribution in [0.25, 0.3) is 0 Å². The summed E-state index contributed by atoms with van der Waals surface area (Å²) >= 11 is 6.08. The van der Waals surface area contributed by atoms with Gasteiger partial charge in [-0.2, -0.15) is 0 Å². The molecule has 1 atom stereocenters. The summed E-state index contributed by atoms with van der Waals surface area (Å²) in [6, 6.07) is 11.8. The predicted molar refractivity (Wildman–Crippen MR) is 128 cm³/mol. The first kappa shape index (κ1) is 25.0. The SMILES string of the molecule is COc1ccc(Cl)cc1N1C[C@H](C(=O)NCc2ccccc2CS(=O)(=O)NC(C)C)CC1=O. The van der Waals surface area contributed by atoms with Crippen LogP contribution in [0.4, 0.5) is 5.69 Å². The third kappa shape index (κ3) is 6.46. The van der Waals surface area contributed by atoms with Crippen LogP contribution in [-0.2, 0) is 31.9 Å². The number of hydrogen-bond donors (Lipinski definition) is 2. The fraction of sp³-hybridized carbons (Fsp3) is 0.391. The Hall–Kier alpha value is -2.62. The molecule has 2 amide bonds. The second kappa shape index (κ2) is 10.5. The Balaban J connectivity index is 1.67. The standard InChI is InChI=1S/C23H28ClN3O5S/c1-15(2)26-33(30,31)14-17-7-5-4-6-16(17)12-25-23(29)18-10-22(28)27(13-18)20-11-19(24)8-9-21(20)32-3/h4-9,11,15,18,26H,10,12-14H2,1-3H3,(H,25,29)/t18-/m1/s1. The minimum atomic E-state index is -3.50. The van der Waals surface area contributed by atoms with Crippen LogP contribution >= 0.6 is 11.6 Å². The summed E-state index contributed by atoms with van der Waals surface area (Å²) in [7, 11) is -2.00. The van der Waals surface area contributed by atoms with E-state index in [0.717, 1.165) is 0 Å². The molecule has 178 valence electrons. The van der Waals surface area contributed by atoms with Gasteiger partial charge in [0.2, 0.25) is 21.8 Å². The van der Waals surface area contributed by atoms with Crippen LogP contribution in [0.5, 0.6) is 5.75 Å². The van der Waals surface area contributed by atoms with Crippen molar-refractivity contribution in [1.82, 2.24) is 10.0 Å². The Morgan fingerprint density at radius 3 is 2.58 bits per heavy atom. The number of hydrogen-bond acceptors (Lipinski definition) is 5. The van der Waals surface area contributed by atoms with Crippen molar-refractivity contribution in [1.29, 1.82) is 0 Å². The van der Waals surface area contributed by atoms with Gasteiger partial charge in [0.25, 0.3) is 0 Å². The highest BCUT2D eigenvalue weighted by Gasteiger charge is 2.36. The maximum absolute atomic E-state index is 12.8. The Bertz CT molecular complexity index is 1140. The van der Waals surface area contributed by atoms with Gasteiger partial charge in [0, 0.05) is 30.6 Å². The van der Waals surface area contributed by atoms with Crippen LogP contribution in [0.3, 0.4) is 0 Å². The van der Waals surface area contributed by atoms with Gasteiger partial charge < -0.3 is 15.0 Å². The van der Waals surface area contributed by atoms with E-state index in [2.05, 4.69) is 10.0 Å². The number of carbonyl (C=O) groups excluding carboxylic acids is 2. The van der Waals surface area contributed by atoms with E-state index in [1.165, 1.54) is 12.0 Å². The average Bonchev–Trinajstić information content (AvgIpc) is 3.13. The lowest BCUT2D eigenvalue weighted by Gasteiger charge is -2.20. The summed E-state index contributed by atoms with van der Waals surface area (Å²) < 4.78 is 32.6. The molecule has 1 heterocycles. The zero-order chi connectivity index (χ0) is 24.2. The molecule has 10 heteroatoms. The number of benzene rings is 2. The van der Waals surface area contributed by atoms with Crippen molar-refractivity contribution in [2.24, 2.45) is 5.92 Å². The molecule has 0 unspecified atom stereocenters. The largest absolute Gasteiger partial charge is 0.495 e. The van der Waals surface area contributed by atoms with E-state index in [1.807, 2.05) is 0 Å². The molecule has 2 aromatic rings. The number of methoxy groups -OCH3 is 1. The Morgan fingerprint density at radius 2 is 1.91 bits per heavy atom. The van der Waals surface area contributed by atoms with E-state index >= 15 is 0 Å². The normalized spacial score (nSPS) is 16.3. The van der Waals surface area contributed by atoms with E-state index in [-0.39, 0.29) is 43.1 Å². The van der Waals surface area contributed by atoms with E-state index in [1.54, 1.807) is 56.3 Å². The van der Waals surface area contributed by atoms with Gasteiger partial charge >= 0.3 is 0 Å². The molecule has 1 saturated heterocycles. The zero-order valence-corrected chi connectivity index (χ0v) is 20.4. The van der Waals surface area contributed by atoms with Crippen molar-refractivity contribution in [3.63, 3.8) is 0 Å². The molecule has 0 saturated carbocycles. The second-order valence-electron chi connectivity index (χ2n) is 8.24. The smallest absolute Gasteiger partial charge is 0.227 e. The molecule has 0 radical (unpaired) electrons. The number of halogens is 1. The Labute approximate surface area is 199 Å². The molecule has 0 spiro atoms. The number of ether oxygens (including phenoxy) is 1. The molecule has 1 aliphatic rings. The molecule has 0 aliphatic carbocycles. The maximum Gasteiger partial charge on any atom is 0.227 e. The lowest BCUT2D eigenvalue weighted by Crippen LogP contribution is -2.33. The first-order valence-electron chi connectivity index (χ1n) is 10.6. The molecular weight excluding hydrogens is 466 g/mol. The monoisotopic (exact) mass is 493 g/mol. The molecule has 33 heavy (non-hydrogen) atoms. The molecule has 1 aliphatic heterocycles. The first-order valence-corrected chi connectivity index (χ1v) is 12.6. The summed E-state index contributed by atoms with van der Waals surface area (Å²) in [5, 5.41) is 3.31. The minimum absolute atomic E-state index is 0.0653. The van der Waals surface area contributed by atoms with Crippen LogP contribution in [0.2, 0.25) is 5.02 Å². The van der Waals surface area contributed by atoms with Gasteiger partial charge in [-0.3, -0.25) is 9.59 Å². The lowest BCUT2D eigenvalue weighted by molar-refractivity contribution is -0.126. The van der Waals surface area contributed by atoms with Gasteiger partial charge in [-0.1, -0.05) is 35.9 Å². The van der Waals surface area contributed by atoms with E-state index in [4.69, 9.17) is 16.3 Å². The third-order valence-corrected chi connectivity index (χ3v) is 7.02. The molecule has 2 aromatic carbocycles. The van der Waals surface area contributed by atoms with Crippen molar-refractivity contribution in [3.8, 4) is 5.75 Å². The highest BCUT2D eigenvalue weighted by atomic mass is 35.5. The number of rotatable bonds is 9. The van der Waals surface area contributed by atoms with E-state index in [0.29, 0.717) is 27.6 Å². The number of nitrogens with zero attached hydrogens (tertiary/aromatic N) is 1. The summed E-state index contributed by atoms with van der Waals surface area (Å²) in [4.78, 5) is 26.9. The van der Waals surface area contributed by atoms with Crippen molar-refractivity contribution in [2.75, 3.05) is 18.6 Å². The number of carbonyl (C=O) groups is 2. The average molecular weight is 494 g/mol. The van der Waals surface area contributed by atoms with Gasteiger partial charge in [-0.05, 0) is 43.2 Å². The van der Waals surface area contributed by atoms with E-state index < -0.39 is 15.9 Å². The maximum atomic E-state index is 12.8. The van der Waals surface area contributed by atoms with Crippen LogP contribution in [0.15, 0.2) is 42.5 Å². The van der Waals surface area contributed by atoms with Gasteiger partial charge in [0.05, 0.1) is 24.5 Å². The lowest BCUT2D eigenvalue weighted by atomic mass is 10.1. The highest BCUT2D eigenvalue weighted by molar-refractivity contribution is 7.88. The van der Waals surface area contributed by atoms with Gasteiger partial charge in [-0.25, -0.2) is 13.1 Å². The molecule has 0 aromatic heterocycles. The number of anilines is 1. The number of sulfonamides is 1. The van der Waals surface area contributed by atoms with Gasteiger partial charge in [-0.15, -0.1) is 0 Å². The molecule has 1 fully saturated rings. The highest BCUT2D eigenvalue weighted by Crippen LogP contribution is 2.35. The van der Waals surface area contributed by atoms with Gasteiger partial charge in [0.15, 0.2) is 0 Å². The van der Waals surface area contributed by atoms with Crippen molar-refractivity contribution >= 4 is 39.1 Å². The minimum Gasteiger partial charge on any atom is -0.495 e. The molecule has 0 bridgehead atoms. The van der Waals surface area contributed by atoms with Crippen molar-refractivity contribution in [2.45, 2.75) is 38.6 Å². The molecule has 2 N–H and O–H groups in total. The Morgan fingerprint density at radius 1 is 1.21 bits per heavy atom. The quantitative estimate of drug-likeness (QED) is 0.559. The molecular formula is C23H28ClN3O5S. The fourth-order valence-corrected chi connectivity index (χ4v) is 5.45. The third-order valence-electron chi connectivity index (χ3n) is 5.26.